The van der Waals surface area contributed by atoms with Crippen LogP contribution in [0.3, 0.4) is 0 Å². The molecular formula is C20H16O4. The molecule has 0 saturated carbocycles. The van der Waals surface area contributed by atoms with E-state index in [1.54, 1.807) is 0 Å². The van der Waals surface area contributed by atoms with Crippen molar-refractivity contribution in [2.45, 2.75) is 6.61 Å². The van der Waals surface area contributed by atoms with E-state index in [9.17, 15) is 9.59 Å². The van der Waals surface area contributed by atoms with Gasteiger partial charge in [-0.2, -0.15) is 0 Å². The summed E-state index contributed by atoms with van der Waals surface area (Å²) in [6.45, 7) is 0.131. The van der Waals surface area contributed by atoms with E-state index >= 15 is 0 Å². The number of carbonyl (C=O) groups is 2. The molecule has 0 heterocycles. The molecule has 0 saturated heterocycles. The van der Waals surface area contributed by atoms with Gasteiger partial charge in [0, 0.05) is 17.7 Å². The van der Waals surface area contributed by atoms with Crippen molar-refractivity contribution in [2.24, 2.45) is 0 Å². The van der Waals surface area contributed by atoms with Gasteiger partial charge < -0.3 is 9.47 Å². The highest BCUT2D eigenvalue weighted by molar-refractivity contribution is 6.02. The Hall–Kier alpha value is -3.14. The second kappa shape index (κ2) is 6.96. The molecule has 0 unspecified atom stereocenters. The lowest BCUT2D eigenvalue weighted by molar-refractivity contribution is -0.140. The average Bonchev–Trinajstić information content (AvgIpc) is 2.63. The summed E-state index contributed by atoms with van der Waals surface area (Å²) in [6.07, 6.45) is 2.11. The van der Waals surface area contributed by atoms with Gasteiger partial charge in [-0.15, -0.1) is 0 Å². The third-order valence-corrected chi connectivity index (χ3v) is 3.80. The van der Waals surface area contributed by atoms with Crippen LogP contribution in [-0.2, 0) is 25.7 Å². The van der Waals surface area contributed by atoms with Crippen molar-refractivity contribution in [1.82, 2.24) is 0 Å². The zero-order valence-electron chi connectivity index (χ0n) is 13.2. The van der Waals surface area contributed by atoms with Gasteiger partial charge in [-0.25, -0.2) is 9.59 Å². The molecule has 0 amide bonds. The SMILES string of the molecule is COC(=O)/C=C/C(=O)OCc1c2ccccc2cc2ccccc12. The predicted molar refractivity (Wildman–Crippen MR) is 92.4 cm³/mol. The third kappa shape index (κ3) is 3.27. The van der Waals surface area contributed by atoms with Gasteiger partial charge in [0.2, 0.25) is 0 Å². The number of hydrogen-bond acceptors (Lipinski definition) is 4. The number of fused-ring (bicyclic) bond motifs is 2. The topological polar surface area (TPSA) is 52.6 Å². The smallest absolute Gasteiger partial charge is 0.331 e. The quantitative estimate of drug-likeness (QED) is 0.417. The maximum absolute atomic E-state index is 11.8. The molecule has 0 aliphatic heterocycles. The van der Waals surface area contributed by atoms with Crippen LogP contribution >= 0.6 is 0 Å². The van der Waals surface area contributed by atoms with Crippen molar-refractivity contribution < 1.29 is 19.1 Å². The Morgan fingerprint density at radius 3 is 2.00 bits per heavy atom. The van der Waals surface area contributed by atoms with Gasteiger partial charge in [0.25, 0.3) is 0 Å². The molecule has 120 valence electrons. The molecule has 4 nitrogen and oxygen atoms in total. The van der Waals surface area contributed by atoms with Crippen molar-refractivity contribution in [1.29, 1.82) is 0 Å². The van der Waals surface area contributed by atoms with E-state index in [0.717, 1.165) is 39.3 Å². The number of rotatable bonds is 4. The van der Waals surface area contributed by atoms with Gasteiger partial charge in [0.05, 0.1) is 7.11 Å². The molecular weight excluding hydrogens is 304 g/mol. The van der Waals surface area contributed by atoms with Crippen LogP contribution in [0.4, 0.5) is 0 Å². The number of ether oxygens (including phenoxy) is 2. The fraction of sp³-hybridized carbons (Fsp3) is 0.100. The van der Waals surface area contributed by atoms with Gasteiger partial charge in [-0.1, -0.05) is 48.5 Å². The van der Waals surface area contributed by atoms with E-state index in [-0.39, 0.29) is 6.61 Å². The average molecular weight is 320 g/mol. The summed E-state index contributed by atoms with van der Waals surface area (Å²) in [6, 6.07) is 18.1. The number of hydrogen-bond donors (Lipinski definition) is 0. The molecule has 0 aliphatic carbocycles. The molecule has 0 spiro atoms. The zero-order chi connectivity index (χ0) is 16.9. The van der Waals surface area contributed by atoms with Crippen molar-refractivity contribution >= 4 is 33.5 Å². The van der Waals surface area contributed by atoms with E-state index < -0.39 is 11.9 Å². The van der Waals surface area contributed by atoms with Crippen LogP contribution in [0.15, 0.2) is 66.7 Å². The molecule has 0 atom stereocenters. The summed E-state index contributed by atoms with van der Waals surface area (Å²) in [4.78, 5) is 22.8. The van der Waals surface area contributed by atoms with E-state index in [0.29, 0.717) is 0 Å². The lowest BCUT2D eigenvalue weighted by atomic mass is 9.97. The van der Waals surface area contributed by atoms with Crippen LogP contribution in [0, 0.1) is 0 Å². The molecule has 0 fully saturated rings. The minimum absolute atomic E-state index is 0.131. The highest BCUT2D eigenvalue weighted by atomic mass is 16.5. The normalized spacial score (nSPS) is 11.0. The molecule has 3 aromatic rings. The fourth-order valence-corrected chi connectivity index (χ4v) is 2.66. The third-order valence-electron chi connectivity index (χ3n) is 3.80. The second-order valence-electron chi connectivity index (χ2n) is 5.26. The summed E-state index contributed by atoms with van der Waals surface area (Å²) < 4.78 is 9.75. The summed E-state index contributed by atoms with van der Waals surface area (Å²) >= 11 is 0. The van der Waals surface area contributed by atoms with E-state index in [2.05, 4.69) is 10.8 Å². The fourth-order valence-electron chi connectivity index (χ4n) is 2.66. The van der Waals surface area contributed by atoms with Gasteiger partial charge in [-0.05, 0) is 27.6 Å². The maximum Gasteiger partial charge on any atom is 0.331 e. The van der Waals surface area contributed by atoms with Crippen LogP contribution in [-0.4, -0.2) is 19.0 Å². The Labute approximate surface area is 139 Å². The Kier molecular flexibility index (Phi) is 4.57. The first-order chi connectivity index (χ1) is 11.7. The molecule has 0 bridgehead atoms. The predicted octanol–water partition coefficient (Wildman–Crippen LogP) is 3.77. The highest BCUT2D eigenvalue weighted by Gasteiger charge is 2.09. The lowest BCUT2D eigenvalue weighted by Gasteiger charge is -2.11. The van der Waals surface area contributed by atoms with Gasteiger partial charge >= 0.3 is 11.9 Å². The maximum atomic E-state index is 11.8. The van der Waals surface area contributed by atoms with Gasteiger partial charge in [-0.3, -0.25) is 0 Å². The molecule has 0 aliphatic rings. The Bertz CT molecular complexity index is 887. The monoisotopic (exact) mass is 320 g/mol. The summed E-state index contributed by atoms with van der Waals surface area (Å²) in [5.41, 5.74) is 0.948. The van der Waals surface area contributed by atoms with Crippen molar-refractivity contribution in [3.05, 3.63) is 72.3 Å². The molecule has 24 heavy (non-hydrogen) atoms. The van der Waals surface area contributed by atoms with Crippen molar-refractivity contribution in [3.63, 3.8) is 0 Å². The molecule has 0 N–H and O–H groups in total. The van der Waals surface area contributed by atoms with Gasteiger partial charge in [0.1, 0.15) is 6.61 Å². The van der Waals surface area contributed by atoms with Crippen LogP contribution in [0.25, 0.3) is 21.5 Å². The number of methoxy groups -OCH3 is 1. The minimum Gasteiger partial charge on any atom is -0.466 e. The first-order valence-electron chi connectivity index (χ1n) is 7.51. The summed E-state index contributed by atoms with van der Waals surface area (Å²) in [5, 5.41) is 4.27. The second-order valence-corrected chi connectivity index (χ2v) is 5.26. The van der Waals surface area contributed by atoms with Crippen LogP contribution < -0.4 is 0 Å². The molecule has 0 aromatic heterocycles. The van der Waals surface area contributed by atoms with E-state index in [1.165, 1.54) is 7.11 Å². The minimum atomic E-state index is -0.595. The highest BCUT2D eigenvalue weighted by Crippen LogP contribution is 2.29. The Morgan fingerprint density at radius 2 is 1.42 bits per heavy atom. The van der Waals surface area contributed by atoms with Crippen molar-refractivity contribution in [3.8, 4) is 0 Å². The molecule has 4 heteroatoms. The molecule has 0 radical (unpaired) electrons. The number of benzene rings is 3. The largest absolute Gasteiger partial charge is 0.466 e. The molecule has 3 rings (SSSR count). The van der Waals surface area contributed by atoms with Crippen LogP contribution in [0.2, 0.25) is 0 Å². The Morgan fingerprint density at radius 1 is 0.875 bits per heavy atom. The number of esters is 2. The zero-order valence-corrected chi connectivity index (χ0v) is 13.2. The van der Waals surface area contributed by atoms with Gasteiger partial charge in [0.15, 0.2) is 0 Å². The van der Waals surface area contributed by atoms with E-state index in [4.69, 9.17) is 4.74 Å². The summed E-state index contributed by atoms with van der Waals surface area (Å²) in [5.74, 6) is -1.18. The van der Waals surface area contributed by atoms with E-state index in [1.807, 2.05) is 48.5 Å². The van der Waals surface area contributed by atoms with Crippen LogP contribution in [0.1, 0.15) is 5.56 Å². The van der Waals surface area contributed by atoms with Crippen LogP contribution in [0.5, 0.6) is 0 Å². The molecule has 3 aromatic carbocycles. The summed E-state index contributed by atoms with van der Waals surface area (Å²) in [7, 11) is 1.25. The number of carbonyl (C=O) groups excluding carboxylic acids is 2. The first kappa shape index (κ1) is 15.7. The first-order valence-corrected chi connectivity index (χ1v) is 7.51. The lowest BCUT2D eigenvalue weighted by Crippen LogP contribution is -2.04. The standard InChI is InChI=1S/C20H16O4/c1-23-19(21)10-11-20(22)24-13-18-16-8-4-2-6-14(16)12-15-7-3-5-9-17(15)18/h2-12H,13H2,1H3/b11-10+. The van der Waals surface area contributed by atoms with Crippen molar-refractivity contribution in [2.75, 3.05) is 7.11 Å². The Balaban J connectivity index is 1.94.